The zero-order valence-electron chi connectivity index (χ0n) is 19.1. The summed E-state index contributed by atoms with van der Waals surface area (Å²) in [5.41, 5.74) is 8.35. The molecule has 0 bridgehead atoms. The average Bonchev–Trinajstić information content (AvgIpc) is 2.65. The molecule has 0 aromatic heterocycles. The van der Waals surface area contributed by atoms with Crippen molar-refractivity contribution in [1.82, 2.24) is 0 Å². The summed E-state index contributed by atoms with van der Waals surface area (Å²) in [6.45, 7) is 15.9. The van der Waals surface area contributed by atoms with E-state index in [2.05, 4.69) is 72.7 Å². The molecule has 0 radical (unpaired) electrons. The minimum Gasteiger partial charge on any atom is -0.392 e. The van der Waals surface area contributed by atoms with Gasteiger partial charge in [0, 0.05) is 0 Å². The molecule has 0 fully saturated rings. The van der Waals surface area contributed by atoms with Crippen LogP contribution in [0.2, 0.25) is 0 Å². The number of aliphatic hydroxyl groups excluding tert-OH is 1. The van der Waals surface area contributed by atoms with Gasteiger partial charge in [-0.1, -0.05) is 90.9 Å². The summed E-state index contributed by atoms with van der Waals surface area (Å²) in [6.07, 6.45) is 3.52. The molecule has 2 heteroatoms. The van der Waals surface area contributed by atoms with Crippen molar-refractivity contribution in [2.24, 2.45) is 0 Å². The van der Waals surface area contributed by atoms with Gasteiger partial charge in [-0.2, -0.15) is 5.26 Å². The van der Waals surface area contributed by atoms with Crippen molar-refractivity contribution in [1.29, 1.82) is 5.26 Å². The van der Waals surface area contributed by atoms with Gasteiger partial charge in [0.2, 0.25) is 0 Å². The second-order valence-electron chi connectivity index (χ2n) is 9.81. The van der Waals surface area contributed by atoms with Crippen molar-refractivity contribution in [2.75, 3.05) is 0 Å². The van der Waals surface area contributed by atoms with Gasteiger partial charge in [0.1, 0.15) is 0 Å². The van der Waals surface area contributed by atoms with Crippen LogP contribution in [0.5, 0.6) is 0 Å². The lowest BCUT2D eigenvalue weighted by Crippen LogP contribution is -2.21. The van der Waals surface area contributed by atoms with Crippen LogP contribution in [0.3, 0.4) is 0 Å². The van der Waals surface area contributed by atoms with Crippen LogP contribution < -0.4 is 0 Å². The first kappa shape index (κ1) is 22.9. The molecule has 0 aliphatic heterocycles. The molecule has 2 rings (SSSR count). The largest absolute Gasteiger partial charge is 0.392 e. The topological polar surface area (TPSA) is 44.0 Å². The molecule has 2 nitrogen and oxygen atoms in total. The number of allylic oxidation sites excluding steroid dienone is 1. The highest BCUT2D eigenvalue weighted by Gasteiger charge is 2.25. The van der Waals surface area contributed by atoms with Crippen molar-refractivity contribution in [3.63, 3.8) is 0 Å². The third-order valence-corrected chi connectivity index (χ3v) is 5.36. The van der Waals surface area contributed by atoms with Gasteiger partial charge >= 0.3 is 0 Å². The third kappa shape index (κ3) is 5.58. The fourth-order valence-corrected chi connectivity index (χ4v) is 3.84. The molecule has 0 aliphatic rings. The summed E-state index contributed by atoms with van der Waals surface area (Å²) in [6, 6.07) is 14.7. The van der Waals surface area contributed by atoms with E-state index in [1.54, 1.807) is 0 Å². The Kier molecular flexibility index (Phi) is 7.09. The molecular formula is C27H35NO. The average molecular weight is 390 g/mol. The zero-order chi connectivity index (χ0) is 21.8. The highest BCUT2D eigenvalue weighted by atomic mass is 16.3. The normalized spacial score (nSPS) is 12.7. The number of rotatable bonds is 5. The maximum absolute atomic E-state index is 9.40. The molecule has 2 aromatic carbocycles. The maximum atomic E-state index is 9.40. The van der Waals surface area contributed by atoms with E-state index < -0.39 is 0 Å². The summed E-state index contributed by atoms with van der Waals surface area (Å²) in [4.78, 5) is 0. The van der Waals surface area contributed by atoms with Crippen molar-refractivity contribution >= 4 is 11.6 Å². The lowest BCUT2D eigenvalue weighted by molar-refractivity contribution is 0.282. The standard InChI is InChI=1S/C27H35NO/c1-8-23-24(26(2,3)4)16-20(17-25(23)27(5,6)7)15-22(13-14-28)21-11-9-19(18-29)10-12-21/h9-12,15-17,29H,8,13,18H2,1-7H3/b22-15+. The van der Waals surface area contributed by atoms with E-state index >= 15 is 0 Å². The van der Waals surface area contributed by atoms with Gasteiger partial charge in [0.05, 0.1) is 19.1 Å². The van der Waals surface area contributed by atoms with E-state index in [9.17, 15) is 10.4 Å². The molecule has 0 atom stereocenters. The Morgan fingerprint density at radius 1 is 0.966 bits per heavy atom. The van der Waals surface area contributed by atoms with Gasteiger partial charge in [-0.05, 0) is 56.2 Å². The summed E-state index contributed by atoms with van der Waals surface area (Å²) in [5, 5.41) is 18.7. The number of nitrogens with zero attached hydrogens (tertiary/aromatic N) is 1. The second-order valence-corrected chi connectivity index (χ2v) is 9.81. The van der Waals surface area contributed by atoms with Crippen LogP contribution >= 0.6 is 0 Å². The zero-order valence-corrected chi connectivity index (χ0v) is 19.1. The van der Waals surface area contributed by atoms with Crippen LogP contribution in [0.15, 0.2) is 36.4 Å². The first-order valence-corrected chi connectivity index (χ1v) is 10.5. The van der Waals surface area contributed by atoms with E-state index in [0.29, 0.717) is 6.42 Å². The highest BCUT2D eigenvalue weighted by molar-refractivity contribution is 5.83. The molecule has 0 heterocycles. The smallest absolute Gasteiger partial charge is 0.0681 e. The summed E-state index contributed by atoms with van der Waals surface area (Å²) < 4.78 is 0. The first-order valence-electron chi connectivity index (χ1n) is 10.5. The SMILES string of the molecule is CCc1c(C(C)(C)C)cc(/C=C(\CC#N)c2ccc(CO)cc2)cc1C(C)(C)C. The molecule has 0 saturated carbocycles. The summed E-state index contributed by atoms with van der Waals surface area (Å²) >= 11 is 0. The van der Waals surface area contributed by atoms with Gasteiger partial charge < -0.3 is 5.11 Å². The van der Waals surface area contributed by atoms with E-state index in [0.717, 1.165) is 28.7 Å². The lowest BCUT2D eigenvalue weighted by atomic mass is 9.74. The van der Waals surface area contributed by atoms with Crippen LogP contribution in [-0.2, 0) is 23.9 Å². The van der Waals surface area contributed by atoms with Gasteiger partial charge in [-0.3, -0.25) is 0 Å². The van der Waals surface area contributed by atoms with Crippen LogP contribution in [-0.4, -0.2) is 5.11 Å². The van der Waals surface area contributed by atoms with Crippen molar-refractivity contribution in [3.8, 4) is 6.07 Å². The van der Waals surface area contributed by atoms with E-state index in [-0.39, 0.29) is 17.4 Å². The molecule has 0 spiro atoms. The van der Waals surface area contributed by atoms with E-state index in [1.165, 1.54) is 16.7 Å². The molecule has 0 aliphatic carbocycles. The second kappa shape index (κ2) is 8.97. The monoisotopic (exact) mass is 389 g/mol. The maximum Gasteiger partial charge on any atom is 0.0681 e. The van der Waals surface area contributed by atoms with Crippen molar-refractivity contribution in [2.45, 2.75) is 78.7 Å². The molecule has 1 N–H and O–H groups in total. The van der Waals surface area contributed by atoms with Crippen molar-refractivity contribution < 1.29 is 5.11 Å². The molecule has 0 amide bonds. The predicted octanol–water partition coefficient (Wildman–Crippen LogP) is 6.79. The number of hydrogen-bond donors (Lipinski definition) is 1. The number of benzene rings is 2. The Balaban J connectivity index is 2.71. The van der Waals surface area contributed by atoms with Crippen LogP contribution in [0, 0.1) is 11.3 Å². The molecule has 2 aromatic rings. The van der Waals surface area contributed by atoms with Crippen LogP contribution in [0.25, 0.3) is 11.6 Å². The number of hydrogen-bond acceptors (Lipinski definition) is 2. The first-order chi connectivity index (χ1) is 13.5. The Bertz CT molecular complexity index is 878. The predicted molar refractivity (Wildman–Crippen MR) is 124 cm³/mol. The van der Waals surface area contributed by atoms with Crippen LogP contribution in [0.1, 0.15) is 88.3 Å². The van der Waals surface area contributed by atoms with Gasteiger partial charge in [-0.15, -0.1) is 0 Å². The van der Waals surface area contributed by atoms with E-state index in [1.807, 2.05) is 24.3 Å². The molecule has 29 heavy (non-hydrogen) atoms. The minimum atomic E-state index is 0.0277. The quantitative estimate of drug-likeness (QED) is 0.572. The molecular weight excluding hydrogens is 354 g/mol. The number of aliphatic hydroxyl groups is 1. The molecule has 0 unspecified atom stereocenters. The van der Waals surface area contributed by atoms with Gasteiger partial charge in [0.15, 0.2) is 0 Å². The van der Waals surface area contributed by atoms with Crippen LogP contribution in [0.4, 0.5) is 0 Å². The molecule has 154 valence electrons. The Morgan fingerprint density at radius 3 is 1.86 bits per heavy atom. The Morgan fingerprint density at radius 2 is 1.48 bits per heavy atom. The fraction of sp³-hybridized carbons (Fsp3) is 0.444. The van der Waals surface area contributed by atoms with Crippen molar-refractivity contribution in [3.05, 3.63) is 69.8 Å². The Hall–Kier alpha value is -2.37. The lowest BCUT2D eigenvalue weighted by Gasteiger charge is -2.30. The summed E-state index contributed by atoms with van der Waals surface area (Å²) in [7, 11) is 0. The fourth-order valence-electron chi connectivity index (χ4n) is 3.84. The van der Waals surface area contributed by atoms with Gasteiger partial charge in [0.25, 0.3) is 0 Å². The number of nitriles is 1. The third-order valence-electron chi connectivity index (χ3n) is 5.36. The Labute approximate surface area is 176 Å². The van der Waals surface area contributed by atoms with E-state index in [4.69, 9.17) is 0 Å². The molecule has 0 saturated heterocycles. The summed E-state index contributed by atoms with van der Waals surface area (Å²) in [5.74, 6) is 0. The minimum absolute atomic E-state index is 0.0277. The highest BCUT2D eigenvalue weighted by Crippen LogP contribution is 2.36. The van der Waals surface area contributed by atoms with Gasteiger partial charge in [-0.25, -0.2) is 0 Å².